The van der Waals surface area contributed by atoms with Crippen LogP contribution < -0.4 is 0 Å². The summed E-state index contributed by atoms with van der Waals surface area (Å²) in [7, 11) is 0. The molecule has 1 aromatic carbocycles. The van der Waals surface area contributed by atoms with Crippen LogP contribution in [0.5, 0.6) is 0 Å². The van der Waals surface area contributed by atoms with Gasteiger partial charge in [-0.2, -0.15) is 0 Å². The van der Waals surface area contributed by atoms with Crippen LogP contribution in [0.1, 0.15) is 38.2 Å². The van der Waals surface area contributed by atoms with Crippen molar-refractivity contribution in [3.05, 3.63) is 35.9 Å². The van der Waals surface area contributed by atoms with Gasteiger partial charge in [0.05, 0.1) is 18.3 Å². The third-order valence-electron chi connectivity index (χ3n) is 4.75. The topological polar surface area (TPSA) is 32.7 Å². The lowest BCUT2D eigenvalue weighted by atomic mass is 9.88. The number of hydrogen-bond donors (Lipinski definition) is 1. The fourth-order valence-electron chi connectivity index (χ4n) is 3.66. The first-order valence-electron chi connectivity index (χ1n) is 7.80. The van der Waals surface area contributed by atoms with Crippen LogP contribution in [0.4, 0.5) is 0 Å². The fourth-order valence-corrected chi connectivity index (χ4v) is 3.66. The largest absolute Gasteiger partial charge is 0.384 e. The Balaban J connectivity index is 1.72. The van der Waals surface area contributed by atoms with Crippen molar-refractivity contribution < 1.29 is 9.84 Å². The van der Waals surface area contributed by atoms with Gasteiger partial charge in [-0.15, -0.1) is 0 Å². The Morgan fingerprint density at radius 2 is 2.00 bits per heavy atom. The second-order valence-electron chi connectivity index (χ2n) is 6.37. The molecule has 3 atom stereocenters. The number of nitrogens with zero attached hydrogens (tertiary/aromatic N) is 1. The van der Waals surface area contributed by atoms with E-state index in [4.69, 9.17) is 4.74 Å². The highest BCUT2D eigenvalue weighted by molar-refractivity contribution is 5.22. The van der Waals surface area contributed by atoms with Gasteiger partial charge in [0, 0.05) is 19.1 Å². The summed E-state index contributed by atoms with van der Waals surface area (Å²) >= 11 is 0. The molecule has 2 aliphatic rings. The number of rotatable bonds is 3. The molecule has 2 fully saturated rings. The van der Waals surface area contributed by atoms with Crippen LogP contribution in [0.25, 0.3) is 0 Å². The zero-order valence-corrected chi connectivity index (χ0v) is 12.3. The molecule has 0 spiro atoms. The minimum atomic E-state index is -0.791. The molecule has 0 aromatic heterocycles. The van der Waals surface area contributed by atoms with Gasteiger partial charge in [-0.3, -0.25) is 4.90 Å². The molecule has 1 aliphatic carbocycles. The summed E-state index contributed by atoms with van der Waals surface area (Å²) in [5.41, 5.74) is 0.208. The van der Waals surface area contributed by atoms with E-state index in [0.29, 0.717) is 18.7 Å². The van der Waals surface area contributed by atoms with Crippen molar-refractivity contribution in [1.82, 2.24) is 4.90 Å². The molecular weight excluding hydrogens is 250 g/mol. The average Bonchev–Trinajstić information content (AvgIpc) is 2.48. The van der Waals surface area contributed by atoms with Crippen LogP contribution in [-0.2, 0) is 10.3 Å². The number of aliphatic hydroxyl groups is 1. The third-order valence-corrected chi connectivity index (χ3v) is 4.75. The number of fused-ring (bicyclic) bond motifs is 1. The Bertz CT molecular complexity index is 430. The summed E-state index contributed by atoms with van der Waals surface area (Å²) in [5.74, 6) is 0. The summed E-state index contributed by atoms with van der Waals surface area (Å²) in [6.07, 6.45) is 5.33. The molecule has 110 valence electrons. The van der Waals surface area contributed by atoms with E-state index in [1.807, 2.05) is 37.3 Å². The van der Waals surface area contributed by atoms with Gasteiger partial charge in [-0.25, -0.2) is 0 Å². The normalized spacial score (nSPS) is 30.5. The number of benzene rings is 1. The van der Waals surface area contributed by atoms with Gasteiger partial charge in [-0.05, 0) is 25.3 Å². The zero-order chi connectivity index (χ0) is 14.0. The molecule has 1 heterocycles. The molecule has 1 aromatic rings. The first kappa shape index (κ1) is 14.1. The van der Waals surface area contributed by atoms with Gasteiger partial charge in [0.25, 0.3) is 0 Å². The summed E-state index contributed by atoms with van der Waals surface area (Å²) in [5, 5.41) is 10.8. The predicted molar refractivity (Wildman–Crippen MR) is 79.6 cm³/mol. The summed E-state index contributed by atoms with van der Waals surface area (Å²) in [6, 6.07) is 10.5. The van der Waals surface area contributed by atoms with Gasteiger partial charge in [0.15, 0.2) is 0 Å². The highest BCUT2D eigenvalue weighted by Gasteiger charge is 2.37. The van der Waals surface area contributed by atoms with Crippen LogP contribution in [0.3, 0.4) is 0 Å². The van der Waals surface area contributed by atoms with Crippen LogP contribution in [-0.4, -0.2) is 41.8 Å². The van der Waals surface area contributed by atoms with E-state index in [9.17, 15) is 5.11 Å². The average molecular weight is 275 g/mol. The molecule has 20 heavy (non-hydrogen) atoms. The maximum atomic E-state index is 10.8. The lowest BCUT2D eigenvalue weighted by Gasteiger charge is -2.46. The number of morpholine rings is 1. The van der Waals surface area contributed by atoms with Crippen molar-refractivity contribution in [1.29, 1.82) is 0 Å². The highest BCUT2D eigenvalue weighted by atomic mass is 16.5. The Morgan fingerprint density at radius 3 is 2.80 bits per heavy atom. The SMILES string of the molecule is CC(O)(CN1CCOC2CCCCC21)c1ccccc1. The third kappa shape index (κ3) is 2.90. The Hall–Kier alpha value is -0.900. The van der Waals surface area contributed by atoms with Gasteiger partial charge >= 0.3 is 0 Å². The second kappa shape index (κ2) is 5.84. The molecule has 3 rings (SSSR count). The molecule has 3 nitrogen and oxygen atoms in total. The van der Waals surface area contributed by atoms with Gasteiger partial charge in [0.2, 0.25) is 0 Å². The van der Waals surface area contributed by atoms with E-state index in [-0.39, 0.29) is 0 Å². The minimum Gasteiger partial charge on any atom is -0.384 e. The molecule has 1 saturated carbocycles. The van der Waals surface area contributed by atoms with Gasteiger partial charge in [0.1, 0.15) is 0 Å². The molecule has 1 aliphatic heterocycles. The first-order chi connectivity index (χ1) is 9.67. The number of hydrogen-bond acceptors (Lipinski definition) is 3. The lowest BCUT2D eigenvalue weighted by molar-refractivity contribution is -0.111. The maximum absolute atomic E-state index is 10.8. The lowest BCUT2D eigenvalue weighted by Crippen LogP contribution is -2.55. The van der Waals surface area contributed by atoms with Gasteiger partial charge in [-0.1, -0.05) is 43.2 Å². The zero-order valence-electron chi connectivity index (χ0n) is 12.3. The monoisotopic (exact) mass is 275 g/mol. The maximum Gasteiger partial charge on any atom is 0.0994 e. The summed E-state index contributed by atoms with van der Waals surface area (Å²) in [4.78, 5) is 2.44. The van der Waals surface area contributed by atoms with Gasteiger partial charge < -0.3 is 9.84 Å². The van der Waals surface area contributed by atoms with Crippen molar-refractivity contribution in [2.45, 2.75) is 50.4 Å². The van der Waals surface area contributed by atoms with Crippen LogP contribution >= 0.6 is 0 Å². The molecule has 1 saturated heterocycles. The molecule has 0 bridgehead atoms. The van der Waals surface area contributed by atoms with E-state index >= 15 is 0 Å². The quantitative estimate of drug-likeness (QED) is 0.920. The van der Waals surface area contributed by atoms with E-state index in [1.54, 1.807) is 0 Å². The highest BCUT2D eigenvalue weighted by Crippen LogP contribution is 2.31. The molecule has 1 N–H and O–H groups in total. The van der Waals surface area contributed by atoms with Crippen molar-refractivity contribution in [2.75, 3.05) is 19.7 Å². The van der Waals surface area contributed by atoms with Crippen molar-refractivity contribution >= 4 is 0 Å². The first-order valence-corrected chi connectivity index (χ1v) is 7.80. The molecular formula is C17H25NO2. The molecule has 0 radical (unpaired) electrons. The minimum absolute atomic E-state index is 0.379. The van der Waals surface area contributed by atoms with Crippen molar-refractivity contribution in [2.24, 2.45) is 0 Å². The molecule has 3 heteroatoms. The van der Waals surface area contributed by atoms with E-state index in [1.165, 1.54) is 25.7 Å². The van der Waals surface area contributed by atoms with Crippen LogP contribution in [0.2, 0.25) is 0 Å². The molecule has 3 unspecified atom stereocenters. The Kier molecular flexibility index (Phi) is 4.11. The predicted octanol–water partition coefficient (Wildman–Crippen LogP) is 2.54. The fraction of sp³-hybridized carbons (Fsp3) is 0.647. The number of β-amino-alcohol motifs (C(OH)–C–C–N with tert-alkyl or cyclic N) is 1. The van der Waals surface area contributed by atoms with E-state index in [2.05, 4.69) is 4.90 Å². The van der Waals surface area contributed by atoms with E-state index < -0.39 is 5.60 Å². The second-order valence-corrected chi connectivity index (χ2v) is 6.37. The standard InChI is InChI=1S/C17H25NO2/c1-17(19,14-7-3-2-4-8-14)13-18-11-12-20-16-10-6-5-9-15(16)18/h2-4,7-8,15-16,19H,5-6,9-13H2,1H3. The van der Waals surface area contributed by atoms with Crippen LogP contribution in [0, 0.1) is 0 Å². The smallest absolute Gasteiger partial charge is 0.0994 e. The summed E-state index contributed by atoms with van der Waals surface area (Å²) in [6.45, 7) is 4.35. The Morgan fingerprint density at radius 1 is 1.25 bits per heavy atom. The Labute approximate surface area is 121 Å². The van der Waals surface area contributed by atoms with Crippen LogP contribution in [0.15, 0.2) is 30.3 Å². The number of ether oxygens (including phenoxy) is 1. The summed E-state index contributed by atoms with van der Waals surface area (Å²) < 4.78 is 5.91. The molecule has 0 amide bonds. The van der Waals surface area contributed by atoms with E-state index in [0.717, 1.165) is 18.7 Å². The van der Waals surface area contributed by atoms with Crippen molar-refractivity contribution in [3.63, 3.8) is 0 Å². The van der Waals surface area contributed by atoms with Crippen molar-refractivity contribution in [3.8, 4) is 0 Å².